The molecule has 6 heteroatoms. The maximum Gasteiger partial charge on any atom is 0.271 e. The van der Waals surface area contributed by atoms with Crippen LogP contribution in [0.5, 0.6) is 0 Å². The van der Waals surface area contributed by atoms with E-state index >= 15 is 0 Å². The lowest BCUT2D eigenvalue weighted by molar-refractivity contribution is -0.146. The van der Waals surface area contributed by atoms with E-state index in [0.29, 0.717) is 31.2 Å². The molecule has 2 amide bonds. The highest BCUT2D eigenvalue weighted by Gasteiger charge is 2.49. The molecule has 2 fully saturated rings. The summed E-state index contributed by atoms with van der Waals surface area (Å²) >= 11 is 0. The number of carbonyl (C=O) groups is 2. The number of aromatic nitrogens is 2. The summed E-state index contributed by atoms with van der Waals surface area (Å²) in [6.45, 7) is 6.94. The van der Waals surface area contributed by atoms with Crippen LogP contribution in [-0.2, 0) is 11.3 Å². The third-order valence-corrected chi connectivity index (χ3v) is 6.21. The molecule has 1 aromatic carbocycles. The van der Waals surface area contributed by atoms with Crippen LogP contribution in [0.2, 0.25) is 0 Å². The summed E-state index contributed by atoms with van der Waals surface area (Å²) in [6.07, 6.45) is 5.65. The Morgan fingerprint density at radius 3 is 2.68 bits per heavy atom. The first-order valence-corrected chi connectivity index (χ1v) is 10.1. The van der Waals surface area contributed by atoms with Crippen LogP contribution in [0.1, 0.15) is 60.6 Å². The highest BCUT2D eigenvalue weighted by molar-refractivity contribution is 5.93. The van der Waals surface area contributed by atoms with Gasteiger partial charge in [-0.1, -0.05) is 38.1 Å². The molecule has 0 saturated carbocycles. The number of hydrogen-bond acceptors (Lipinski definition) is 3. The van der Waals surface area contributed by atoms with Crippen molar-refractivity contribution in [3.05, 3.63) is 53.6 Å². The molecule has 4 rings (SSSR count). The van der Waals surface area contributed by atoms with Gasteiger partial charge < -0.3 is 14.8 Å². The van der Waals surface area contributed by atoms with E-state index in [9.17, 15) is 9.59 Å². The standard InChI is InChI=1S/C22H28N4O2/c1-16(2)18-6-4-17(5-7-18)13-25-10-3-8-22(21(25)28)9-11-26(14-22)20(27)19-12-23-15-24-19/h4-7,12,15-16H,3,8-11,13-14H2,1-2H3,(H,23,24)/t22-/m1/s1. The van der Waals surface area contributed by atoms with Crippen molar-refractivity contribution in [2.75, 3.05) is 19.6 Å². The van der Waals surface area contributed by atoms with Gasteiger partial charge in [0.2, 0.25) is 5.91 Å². The number of benzene rings is 1. The van der Waals surface area contributed by atoms with Crippen molar-refractivity contribution in [2.24, 2.45) is 5.41 Å². The van der Waals surface area contributed by atoms with Crippen LogP contribution in [0.3, 0.4) is 0 Å². The second-order valence-corrected chi connectivity index (χ2v) is 8.45. The zero-order valence-corrected chi connectivity index (χ0v) is 16.6. The Labute approximate surface area is 165 Å². The molecule has 2 aromatic rings. The Hall–Kier alpha value is -2.63. The molecule has 1 aromatic heterocycles. The highest BCUT2D eigenvalue weighted by Crippen LogP contribution is 2.40. The number of hydrogen-bond donors (Lipinski definition) is 1. The molecule has 0 aliphatic carbocycles. The van der Waals surface area contributed by atoms with Crippen molar-refractivity contribution >= 4 is 11.8 Å². The van der Waals surface area contributed by atoms with E-state index < -0.39 is 5.41 Å². The molecular weight excluding hydrogens is 352 g/mol. The number of nitrogens with zero attached hydrogens (tertiary/aromatic N) is 3. The van der Waals surface area contributed by atoms with Crippen molar-refractivity contribution in [3.8, 4) is 0 Å². The molecule has 6 nitrogen and oxygen atoms in total. The predicted octanol–water partition coefficient (Wildman–Crippen LogP) is 3.19. The van der Waals surface area contributed by atoms with Crippen LogP contribution >= 0.6 is 0 Å². The van der Waals surface area contributed by atoms with E-state index in [0.717, 1.165) is 31.4 Å². The van der Waals surface area contributed by atoms with Gasteiger partial charge in [0.25, 0.3) is 5.91 Å². The molecule has 2 saturated heterocycles. The summed E-state index contributed by atoms with van der Waals surface area (Å²) in [5.74, 6) is 0.640. The fourth-order valence-electron chi connectivity index (χ4n) is 4.50. The number of nitrogens with one attached hydrogen (secondary N) is 1. The second-order valence-electron chi connectivity index (χ2n) is 8.45. The fraction of sp³-hybridized carbons (Fsp3) is 0.500. The van der Waals surface area contributed by atoms with Crippen LogP contribution in [0.4, 0.5) is 0 Å². The minimum absolute atomic E-state index is 0.0661. The van der Waals surface area contributed by atoms with E-state index in [1.807, 2.05) is 4.90 Å². The van der Waals surface area contributed by atoms with Crippen LogP contribution in [0.25, 0.3) is 0 Å². The fourth-order valence-corrected chi connectivity index (χ4v) is 4.50. The number of H-pyrrole nitrogens is 1. The first-order chi connectivity index (χ1) is 13.5. The lowest BCUT2D eigenvalue weighted by Crippen LogP contribution is -2.50. The normalized spacial score (nSPS) is 22.5. The van der Waals surface area contributed by atoms with Crippen LogP contribution in [0, 0.1) is 5.41 Å². The molecule has 2 aliphatic heterocycles. The van der Waals surface area contributed by atoms with Crippen LogP contribution in [-0.4, -0.2) is 51.2 Å². The predicted molar refractivity (Wildman–Crippen MR) is 107 cm³/mol. The Balaban J connectivity index is 1.45. The molecule has 28 heavy (non-hydrogen) atoms. The van der Waals surface area contributed by atoms with Gasteiger partial charge in [0.05, 0.1) is 17.9 Å². The highest BCUT2D eigenvalue weighted by atomic mass is 16.2. The Bertz CT molecular complexity index is 844. The monoisotopic (exact) mass is 380 g/mol. The zero-order valence-electron chi connectivity index (χ0n) is 16.6. The lowest BCUT2D eigenvalue weighted by atomic mass is 9.78. The average molecular weight is 380 g/mol. The van der Waals surface area contributed by atoms with Gasteiger partial charge in [0, 0.05) is 26.2 Å². The molecule has 1 atom stereocenters. The number of rotatable bonds is 4. The van der Waals surface area contributed by atoms with E-state index in [4.69, 9.17) is 0 Å². The maximum atomic E-state index is 13.4. The minimum Gasteiger partial charge on any atom is -0.341 e. The first-order valence-electron chi connectivity index (χ1n) is 10.1. The Morgan fingerprint density at radius 2 is 2.00 bits per heavy atom. The quantitative estimate of drug-likeness (QED) is 0.886. The second kappa shape index (κ2) is 7.41. The van der Waals surface area contributed by atoms with Crippen LogP contribution in [0.15, 0.2) is 36.8 Å². The molecule has 0 unspecified atom stereocenters. The molecule has 0 bridgehead atoms. The average Bonchev–Trinajstić information content (AvgIpc) is 3.37. The maximum absolute atomic E-state index is 13.4. The van der Waals surface area contributed by atoms with Gasteiger partial charge in [-0.3, -0.25) is 9.59 Å². The summed E-state index contributed by atoms with van der Waals surface area (Å²) in [5.41, 5.74) is 2.54. The molecule has 0 radical (unpaired) electrons. The zero-order chi connectivity index (χ0) is 19.7. The van der Waals surface area contributed by atoms with Gasteiger partial charge in [-0.15, -0.1) is 0 Å². The summed E-state index contributed by atoms with van der Waals surface area (Å²) in [5, 5.41) is 0. The SMILES string of the molecule is CC(C)c1ccc(CN2CCC[C@]3(CCN(C(=O)c4cnc[nH]4)C3)C2=O)cc1. The molecule has 1 spiro atoms. The third kappa shape index (κ3) is 3.43. The van der Waals surface area contributed by atoms with E-state index in [2.05, 4.69) is 48.1 Å². The Morgan fingerprint density at radius 1 is 1.21 bits per heavy atom. The minimum atomic E-state index is -0.425. The van der Waals surface area contributed by atoms with Gasteiger partial charge in [-0.2, -0.15) is 0 Å². The summed E-state index contributed by atoms with van der Waals surface area (Å²) in [4.78, 5) is 36.6. The van der Waals surface area contributed by atoms with Crippen molar-refractivity contribution in [2.45, 2.75) is 45.6 Å². The molecule has 3 heterocycles. The van der Waals surface area contributed by atoms with E-state index in [-0.39, 0.29) is 11.8 Å². The van der Waals surface area contributed by atoms with E-state index in [1.54, 1.807) is 11.1 Å². The largest absolute Gasteiger partial charge is 0.341 e. The van der Waals surface area contributed by atoms with Gasteiger partial charge in [-0.05, 0) is 36.3 Å². The number of carbonyl (C=O) groups excluding carboxylic acids is 2. The van der Waals surface area contributed by atoms with Gasteiger partial charge >= 0.3 is 0 Å². The number of piperidine rings is 1. The molecule has 148 valence electrons. The lowest BCUT2D eigenvalue weighted by Gasteiger charge is -2.39. The smallest absolute Gasteiger partial charge is 0.271 e. The summed E-state index contributed by atoms with van der Waals surface area (Å²) < 4.78 is 0. The summed E-state index contributed by atoms with van der Waals surface area (Å²) in [6, 6.07) is 8.58. The van der Waals surface area contributed by atoms with Gasteiger partial charge in [0.15, 0.2) is 0 Å². The Kier molecular flexibility index (Phi) is 4.96. The summed E-state index contributed by atoms with van der Waals surface area (Å²) in [7, 11) is 0. The van der Waals surface area contributed by atoms with Gasteiger partial charge in [-0.25, -0.2) is 4.98 Å². The topological polar surface area (TPSA) is 69.3 Å². The van der Waals surface area contributed by atoms with Crippen molar-refractivity contribution in [1.29, 1.82) is 0 Å². The van der Waals surface area contributed by atoms with Gasteiger partial charge in [0.1, 0.15) is 5.69 Å². The van der Waals surface area contributed by atoms with Crippen LogP contribution < -0.4 is 0 Å². The number of amides is 2. The molecular formula is C22H28N4O2. The van der Waals surface area contributed by atoms with Crippen molar-refractivity contribution in [3.63, 3.8) is 0 Å². The van der Waals surface area contributed by atoms with Crippen molar-refractivity contribution in [1.82, 2.24) is 19.8 Å². The first kappa shape index (κ1) is 18.7. The van der Waals surface area contributed by atoms with Crippen molar-refractivity contribution < 1.29 is 9.59 Å². The van der Waals surface area contributed by atoms with E-state index in [1.165, 1.54) is 11.9 Å². The number of imidazole rings is 1. The number of likely N-dealkylation sites (tertiary alicyclic amines) is 2. The molecule has 2 aliphatic rings. The number of aromatic amines is 1. The molecule has 1 N–H and O–H groups in total. The third-order valence-electron chi connectivity index (χ3n) is 6.21.